The fraction of sp³-hybridized carbons (Fsp3) is 0.364. The van der Waals surface area contributed by atoms with Crippen molar-refractivity contribution >= 4 is 11.6 Å². The summed E-state index contributed by atoms with van der Waals surface area (Å²) in [6.45, 7) is 1.59. The highest BCUT2D eigenvalue weighted by atomic mass is 19.1. The van der Waals surface area contributed by atoms with Gasteiger partial charge in [-0.05, 0) is 31.2 Å². The first-order chi connectivity index (χ1) is 7.25. The predicted octanol–water partition coefficient (Wildman–Crippen LogP) is 1.37. The van der Waals surface area contributed by atoms with Gasteiger partial charge in [0.15, 0.2) is 0 Å². The van der Waals surface area contributed by atoms with E-state index in [9.17, 15) is 9.18 Å². The van der Waals surface area contributed by atoms with E-state index in [0.717, 1.165) is 13.0 Å². The molecular weight excluding hydrogens is 195 g/mol. The van der Waals surface area contributed by atoms with Crippen LogP contribution in [0.5, 0.6) is 0 Å². The molecule has 1 heterocycles. The van der Waals surface area contributed by atoms with Crippen LogP contribution in [0.3, 0.4) is 0 Å². The number of amides is 1. The van der Waals surface area contributed by atoms with Crippen molar-refractivity contribution < 1.29 is 9.18 Å². The Labute approximate surface area is 87.7 Å². The van der Waals surface area contributed by atoms with Crippen molar-refractivity contribution in [1.29, 1.82) is 0 Å². The van der Waals surface area contributed by atoms with Crippen LogP contribution in [0, 0.1) is 11.7 Å². The zero-order chi connectivity index (χ0) is 10.7. The molecule has 2 rings (SSSR count). The smallest absolute Gasteiger partial charge is 0.228 e. The summed E-state index contributed by atoms with van der Waals surface area (Å²) in [4.78, 5) is 11.7. The van der Waals surface area contributed by atoms with Gasteiger partial charge in [-0.3, -0.25) is 4.79 Å². The van der Waals surface area contributed by atoms with Gasteiger partial charge in [0.25, 0.3) is 0 Å². The molecule has 0 aliphatic carbocycles. The van der Waals surface area contributed by atoms with Crippen LogP contribution in [-0.4, -0.2) is 19.0 Å². The highest BCUT2D eigenvalue weighted by Gasteiger charge is 2.22. The molecule has 1 aliphatic heterocycles. The van der Waals surface area contributed by atoms with Crippen LogP contribution in [0.2, 0.25) is 0 Å². The lowest BCUT2D eigenvalue weighted by atomic mass is 10.1. The molecule has 4 heteroatoms. The molecule has 2 N–H and O–H groups in total. The molecule has 1 aromatic carbocycles. The largest absolute Gasteiger partial charge is 0.326 e. The number of nitrogens with one attached hydrogen (secondary N) is 2. The van der Waals surface area contributed by atoms with Gasteiger partial charge < -0.3 is 10.6 Å². The predicted molar refractivity (Wildman–Crippen MR) is 56.0 cm³/mol. The first-order valence-electron chi connectivity index (χ1n) is 5.03. The van der Waals surface area contributed by atoms with Crippen molar-refractivity contribution in [3.05, 3.63) is 30.1 Å². The number of anilines is 1. The summed E-state index contributed by atoms with van der Waals surface area (Å²) in [7, 11) is 0. The van der Waals surface area contributed by atoms with Gasteiger partial charge in [0, 0.05) is 12.2 Å². The lowest BCUT2D eigenvalue weighted by molar-refractivity contribution is -0.119. The zero-order valence-corrected chi connectivity index (χ0v) is 8.29. The number of halogens is 1. The Morgan fingerprint density at radius 3 is 3.07 bits per heavy atom. The minimum absolute atomic E-state index is 0.00765. The Morgan fingerprint density at radius 2 is 2.40 bits per heavy atom. The fourth-order valence-corrected chi connectivity index (χ4v) is 1.69. The van der Waals surface area contributed by atoms with Crippen molar-refractivity contribution in [3.8, 4) is 0 Å². The van der Waals surface area contributed by atoms with Crippen LogP contribution < -0.4 is 10.6 Å². The number of hydrogen-bond donors (Lipinski definition) is 2. The van der Waals surface area contributed by atoms with Crippen LogP contribution >= 0.6 is 0 Å². The maximum Gasteiger partial charge on any atom is 0.228 e. The van der Waals surface area contributed by atoms with Crippen LogP contribution in [0.1, 0.15) is 6.42 Å². The number of carbonyl (C=O) groups is 1. The molecule has 0 saturated carbocycles. The summed E-state index contributed by atoms with van der Waals surface area (Å²) >= 11 is 0. The van der Waals surface area contributed by atoms with E-state index in [1.165, 1.54) is 12.1 Å². The molecule has 1 aliphatic rings. The zero-order valence-electron chi connectivity index (χ0n) is 8.29. The highest BCUT2D eigenvalue weighted by molar-refractivity contribution is 5.92. The SMILES string of the molecule is O=C(Nc1cccc(F)c1)[C@H]1CCNC1. The standard InChI is InChI=1S/C11H13FN2O/c12-9-2-1-3-10(6-9)14-11(15)8-4-5-13-7-8/h1-3,6,8,13H,4-5,7H2,(H,14,15)/t8-/m0/s1. The molecule has 0 bridgehead atoms. The quantitative estimate of drug-likeness (QED) is 0.770. The lowest BCUT2D eigenvalue weighted by Crippen LogP contribution is -2.24. The minimum Gasteiger partial charge on any atom is -0.326 e. The summed E-state index contributed by atoms with van der Waals surface area (Å²) in [6.07, 6.45) is 0.848. The van der Waals surface area contributed by atoms with E-state index in [4.69, 9.17) is 0 Å². The van der Waals surface area contributed by atoms with E-state index < -0.39 is 0 Å². The molecule has 1 amide bonds. The first kappa shape index (κ1) is 10.1. The number of carbonyl (C=O) groups excluding carboxylic acids is 1. The minimum atomic E-state index is -0.336. The second-order valence-corrected chi connectivity index (χ2v) is 3.69. The van der Waals surface area contributed by atoms with Crippen molar-refractivity contribution in [3.63, 3.8) is 0 Å². The van der Waals surface area contributed by atoms with Gasteiger partial charge in [-0.15, -0.1) is 0 Å². The lowest BCUT2D eigenvalue weighted by Gasteiger charge is -2.09. The van der Waals surface area contributed by atoms with Gasteiger partial charge in [0.2, 0.25) is 5.91 Å². The normalized spacial score (nSPS) is 20.2. The molecule has 1 aromatic rings. The molecule has 15 heavy (non-hydrogen) atoms. The molecule has 3 nitrogen and oxygen atoms in total. The van der Waals surface area contributed by atoms with E-state index in [0.29, 0.717) is 12.2 Å². The van der Waals surface area contributed by atoms with Crippen molar-refractivity contribution in [2.75, 3.05) is 18.4 Å². The second-order valence-electron chi connectivity index (χ2n) is 3.69. The average molecular weight is 208 g/mol. The number of rotatable bonds is 2. The molecule has 1 atom stereocenters. The van der Waals surface area contributed by atoms with E-state index in [1.54, 1.807) is 12.1 Å². The molecule has 1 fully saturated rings. The third-order valence-corrected chi connectivity index (χ3v) is 2.52. The Balaban J connectivity index is 1.99. The Kier molecular flexibility index (Phi) is 2.97. The molecule has 0 radical (unpaired) electrons. The number of benzene rings is 1. The average Bonchev–Trinajstić information content (AvgIpc) is 2.70. The highest BCUT2D eigenvalue weighted by Crippen LogP contribution is 2.13. The monoisotopic (exact) mass is 208 g/mol. The van der Waals surface area contributed by atoms with Crippen molar-refractivity contribution in [2.45, 2.75) is 6.42 Å². The van der Waals surface area contributed by atoms with Gasteiger partial charge in [-0.2, -0.15) is 0 Å². The van der Waals surface area contributed by atoms with Crippen molar-refractivity contribution in [2.24, 2.45) is 5.92 Å². The van der Waals surface area contributed by atoms with E-state index >= 15 is 0 Å². The molecule has 80 valence electrons. The maximum atomic E-state index is 12.8. The van der Waals surface area contributed by atoms with Crippen LogP contribution in [0.15, 0.2) is 24.3 Å². The first-order valence-corrected chi connectivity index (χ1v) is 5.03. The molecule has 0 spiro atoms. The number of hydrogen-bond acceptors (Lipinski definition) is 2. The third-order valence-electron chi connectivity index (χ3n) is 2.52. The van der Waals surface area contributed by atoms with Crippen LogP contribution in [0.25, 0.3) is 0 Å². The van der Waals surface area contributed by atoms with Gasteiger partial charge >= 0.3 is 0 Å². The molecule has 0 aromatic heterocycles. The Morgan fingerprint density at radius 1 is 1.53 bits per heavy atom. The molecule has 0 unspecified atom stereocenters. The summed E-state index contributed by atoms with van der Waals surface area (Å²) in [6, 6.07) is 5.94. The molecular formula is C11H13FN2O. The summed E-state index contributed by atoms with van der Waals surface area (Å²) < 4.78 is 12.8. The summed E-state index contributed by atoms with van der Waals surface area (Å²) in [5, 5.41) is 5.82. The van der Waals surface area contributed by atoms with E-state index in [1.807, 2.05) is 0 Å². The topological polar surface area (TPSA) is 41.1 Å². The van der Waals surface area contributed by atoms with Gasteiger partial charge in [0.05, 0.1) is 5.92 Å². The second kappa shape index (κ2) is 4.40. The van der Waals surface area contributed by atoms with Crippen LogP contribution in [0.4, 0.5) is 10.1 Å². The summed E-state index contributed by atoms with van der Waals surface area (Å²) in [5.41, 5.74) is 0.520. The molecule has 1 saturated heterocycles. The Bertz CT molecular complexity index is 361. The van der Waals surface area contributed by atoms with E-state index in [2.05, 4.69) is 10.6 Å². The Hall–Kier alpha value is -1.42. The maximum absolute atomic E-state index is 12.8. The van der Waals surface area contributed by atoms with Crippen molar-refractivity contribution in [1.82, 2.24) is 5.32 Å². The third kappa shape index (κ3) is 2.53. The van der Waals surface area contributed by atoms with Crippen LogP contribution in [-0.2, 0) is 4.79 Å². The van der Waals surface area contributed by atoms with Gasteiger partial charge in [0.1, 0.15) is 5.82 Å². The van der Waals surface area contributed by atoms with Gasteiger partial charge in [-0.25, -0.2) is 4.39 Å². The van der Waals surface area contributed by atoms with E-state index in [-0.39, 0.29) is 17.6 Å². The fourth-order valence-electron chi connectivity index (χ4n) is 1.69. The van der Waals surface area contributed by atoms with Gasteiger partial charge in [-0.1, -0.05) is 6.07 Å². The summed E-state index contributed by atoms with van der Waals surface area (Å²) in [5.74, 6) is -0.365.